The molecule has 6 atom stereocenters. The van der Waals surface area contributed by atoms with Gasteiger partial charge in [-0.2, -0.15) is 0 Å². The van der Waals surface area contributed by atoms with Crippen molar-refractivity contribution in [2.75, 3.05) is 6.54 Å². The van der Waals surface area contributed by atoms with Gasteiger partial charge >= 0.3 is 0 Å². The summed E-state index contributed by atoms with van der Waals surface area (Å²) in [5.41, 5.74) is 0.941. The van der Waals surface area contributed by atoms with Crippen LogP contribution in [0, 0.1) is 17.8 Å². The molecule has 0 spiro atoms. The van der Waals surface area contributed by atoms with Crippen molar-refractivity contribution in [3.05, 3.63) is 48.0 Å². The molecule has 4 rings (SSSR count). The zero-order chi connectivity index (χ0) is 18.7. The van der Waals surface area contributed by atoms with E-state index in [2.05, 4.69) is 32.3 Å². The molecule has 2 saturated heterocycles. The van der Waals surface area contributed by atoms with Gasteiger partial charge in [-0.15, -0.1) is 0 Å². The van der Waals surface area contributed by atoms with E-state index in [9.17, 15) is 5.11 Å². The lowest BCUT2D eigenvalue weighted by Crippen LogP contribution is -2.65. The highest BCUT2D eigenvalue weighted by atomic mass is 16.5. The Labute approximate surface area is 158 Å². The Bertz CT molecular complexity index is 685. The van der Waals surface area contributed by atoms with Crippen molar-refractivity contribution in [2.24, 2.45) is 17.8 Å². The summed E-state index contributed by atoms with van der Waals surface area (Å²) in [7, 11) is 0. The Morgan fingerprint density at radius 2 is 1.92 bits per heavy atom. The van der Waals surface area contributed by atoms with Gasteiger partial charge in [0, 0.05) is 23.9 Å². The predicted octanol–water partition coefficient (Wildman–Crippen LogP) is 4.32. The van der Waals surface area contributed by atoms with Crippen LogP contribution in [0.1, 0.15) is 52.5 Å². The summed E-state index contributed by atoms with van der Waals surface area (Å²) in [6.07, 6.45) is 3.51. The van der Waals surface area contributed by atoms with Crippen molar-refractivity contribution >= 4 is 0 Å². The molecule has 0 unspecified atom stereocenters. The minimum atomic E-state index is -1.05. The molecule has 2 heterocycles. The number of ether oxygens (including phenoxy) is 1. The van der Waals surface area contributed by atoms with Crippen molar-refractivity contribution in [1.29, 1.82) is 0 Å². The molecule has 3 aliphatic rings. The molecule has 0 amide bonds. The van der Waals surface area contributed by atoms with E-state index >= 15 is 0 Å². The number of benzene rings is 1. The van der Waals surface area contributed by atoms with E-state index in [1.54, 1.807) is 0 Å². The van der Waals surface area contributed by atoms with Crippen molar-refractivity contribution in [3.63, 3.8) is 0 Å². The molecule has 3 heteroatoms. The lowest BCUT2D eigenvalue weighted by atomic mass is 9.69. The first kappa shape index (κ1) is 18.2. The van der Waals surface area contributed by atoms with Gasteiger partial charge in [-0.1, -0.05) is 55.8 Å². The fraction of sp³-hybridized carbons (Fsp3) is 0.652. The SMILES string of the molecule is C=C(C)[C@@H]1CN2[C@@H](O[C@@H]3C[C@H](C)CC[C@H]3C2(C)C)[C@@]1(O)c1ccccc1. The zero-order valence-electron chi connectivity index (χ0n) is 16.6. The number of hydrogen-bond acceptors (Lipinski definition) is 3. The van der Waals surface area contributed by atoms with Crippen LogP contribution in [0.15, 0.2) is 42.5 Å². The standard InChI is InChI=1S/C23H33NO2/c1-15(2)19-14-24-21(23(19,25)17-9-7-6-8-10-17)26-20-13-16(3)11-12-18(20)22(24,4)5/h6-10,16,18-21,25H,1,11-14H2,2-5H3/t16-,18-,19+,20-,21+,23-/m1/s1. The first-order valence-electron chi connectivity index (χ1n) is 10.1. The van der Waals surface area contributed by atoms with Crippen molar-refractivity contribution in [2.45, 2.75) is 70.4 Å². The number of rotatable bonds is 2. The Hall–Kier alpha value is -1.16. The van der Waals surface area contributed by atoms with E-state index in [1.807, 2.05) is 37.3 Å². The quantitative estimate of drug-likeness (QED) is 0.802. The van der Waals surface area contributed by atoms with E-state index < -0.39 is 5.60 Å². The normalized spacial score (nSPS) is 42.1. The molecular weight excluding hydrogens is 322 g/mol. The molecule has 1 saturated carbocycles. The topological polar surface area (TPSA) is 32.7 Å². The maximum atomic E-state index is 12.0. The fourth-order valence-electron chi connectivity index (χ4n) is 5.80. The van der Waals surface area contributed by atoms with Crippen LogP contribution < -0.4 is 0 Å². The Balaban J connectivity index is 1.79. The van der Waals surface area contributed by atoms with E-state index in [1.165, 1.54) is 12.8 Å². The molecule has 2 aliphatic heterocycles. The van der Waals surface area contributed by atoms with Gasteiger partial charge in [-0.05, 0) is 45.1 Å². The lowest BCUT2D eigenvalue weighted by Gasteiger charge is -2.56. The minimum Gasteiger partial charge on any atom is -0.380 e. The maximum absolute atomic E-state index is 12.0. The molecule has 142 valence electrons. The number of nitrogens with zero attached hydrogens (tertiary/aromatic N) is 1. The van der Waals surface area contributed by atoms with Crippen LogP contribution in [0.4, 0.5) is 0 Å². The van der Waals surface area contributed by atoms with E-state index in [0.29, 0.717) is 11.8 Å². The molecule has 3 nitrogen and oxygen atoms in total. The number of fused-ring (bicyclic) bond motifs is 2. The van der Waals surface area contributed by atoms with Gasteiger partial charge in [-0.3, -0.25) is 4.90 Å². The Morgan fingerprint density at radius 3 is 2.58 bits per heavy atom. The molecule has 0 bridgehead atoms. The third kappa shape index (κ3) is 2.51. The second kappa shape index (κ2) is 6.19. The van der Waals surface area contributed by atoms with Gasteiger partial charge in [0.25, 0.3) is 0 Å². The fourth-order valence-corrected chi connectivity index (χ4v) is 5.80. The van der Waals surface area contributed by atoms with Crippen molar-refractivity contribution in [1.82, 2.24) is 4.90 Å². The summed E-state index contributed by atoms with van der Waals surface area (Å²) in [6.45, 7) is 14.1. The lowest BCUT2D eigenvalue weighted by molar-refractivity contribution is -0.263. The molecule has 1 N–H and O–H groups in total. The summed E-state index contributed by atoms with van der Waals surface area (Å²) < 4.78 is 6.71. The number of hydrogen-bond donors (Lipinski definition) is 1. The first-order valence-corrected chi connectivity index (χ1v) is 10.1. The van der Waals surface area contributed by atoms with Crippen LogP contribution in [0.25, 0.3) is 0 Å². The second-order valence-electron chi connectivity index (χ2n) is 9.45. The molecule has 1 aromatic rings. The van der Waals surface area contributed by atoms with E-state index in [-0.39, 0.29) is 23.8 Å². The van der Waals surface area contributed by atoms with Crippen LogP contribution in [-0.2, 0) is 10.3 Å². The molecule has 26 heavy (non-hydrogen) atoms. The Morgan fingerprint density at radius 1 is 1.23 bits per heavy atom. The predicted molar refractivity (Wildman–Crippen MR) is 105 cm³/mol. The van der Waals surface area contributed by atoms with Crippen LogP contribution in [0.5, 0.6) is 0 Å². The molecular formula is C23H33NO2. The molecule has 3 fully saturated rings. The summed E-state index contributed by atoms with van der Waals surface area (Å²) >= 11 is 0. The monoisotopic (exact) mass is 355 g/mol. The smallest absolute Gasteiger partial charge is 0.145 e. The van der Waals surface area contributed by atoms with E-state index in [0.717, 1.165) is 24.1 Å². The number of aliphatic hydroxyl groups is 1. The van der Waals surface area contributed by atoms with Gasteiger partial charge < -0.3 is 9.84 Å². The highest BCUT2D eigenvalue weighted by Gasteiger charge is 2.63. The Kier molecular flexibility index (Phi) is 4.33. The minimum absolute atomic E-state index is 0.0146. The van der Waals surface area contributed by atoms with Crippen LogP contribution in [0.3, 0.4) is 0 Å². The maximum Gasteiger partial charge on any atom is 0.145 e. The van der Waals surface area contributed by atoms with Gasteiger partial charge in [0.05, 0.1) is 6.10 Å². The van der Waals surface area contributed by atoms with Crippen molar-refractivity contribution < 1.29 is 9.84 Å². The van der Waals surface area contributed by atoms with Gasteiger partial charge in [-0.25, -0.2) is 0 Å². The summed E-state index contributed by atoms with van der Waals surface area (Å²) in [5.74, 6) is 1.20. The summed E-state index contributed by atoms with van der Waals surface area (Å²) in [6, 6.07) is 10.1. The molecule has 1 aliphatic carbocycles. The van der Waals surface area contributed by atoms with E-state index in [4.69, 9.17) is 4.74 Å². The second-order valence-corrected chi connectivity index (χ2v) is 9.45. The average Bonchev–Trinajstić information content (AvgIpc) is 2.91. The van der Waals surface area contributed by atoms with Gasteiger partial charge in [0.15, 0.2) is 0 Å². The molecule has 0 radical (unpaired) electrons. The van der Waals surface area contributed by atoms with Crippen molar-refractivity contribution in [3.8, 4) is 0 Å². The third-order valence-electron chi connectivity index (χ3n) is 7.41. The highest BCUT2D eigenvalue weighted by Crippen LogP contribution is 2.55. The van der Waals surface area contributed by atoms with Gasteiger partial charge in [0.2, 0.25) is 0 Å². The highest BCUT2D eigenvalue weighted by molar-refractivity contribution is 5.32. The average molecular weight is 356 g/mol. The summed E-state index contributed by atoms with van der Waals surface area (Å²) in [5, 5.41) is 12.0. The van der Waals surface area contributed by atoms with Crippen LogP contribution in [-0.4, -0.2) is 34.4 Å². The summed E-state index contributed by atoms with van der Waals surface area (Å²) in [4.78, 5) is 2.43. The zero-order valence-corrected chi connectivity index (χ0v) is 16.6. The van der Waals surface area contributed by atoms with Crippen LogP contribution in [0.2, 0.25) is 0 Å². The first-order chi connectivity index (χ1) is 12.3. The third-order valence-corrected chi connectivity index (χ3v) is 7.41. The molecule has 1 aromatic carbocycles. The molecule has 0 aromatic heterocycles. The largest absolute Gasteiger partial charge is 0.380 e. The van der Waals surface area contributed by atoms with Gasteiger partial charge in [0.1, 0.15) is 11.8 Å². The van der Waals surface area contributed by atoms with Crippen LogP contribution >= 0.6 is 0 Å².